The molecule has 96 valence electrons. The first kappa shape index (κ1) is 14.9. The van der Waals surface area contributed by atoms with E-state index in [0.29, 0.717) is 6.42 Å². The van der Waals surface area contributed by atoms with Crippen LogP contribution in [-0.4, -0.2) is 11.3 Å². The van der Waals surface area contributed by atoms with Crippen LogP contribution in [0.4, 0.5) is 13.2 Å². The minimum Gasteiger partial charge on any atom is -0.160 e. The molecule has 0 bridgehead atoms. The zero-order valence-electron chi connectivity index (χ0n) is 9.38. The minimum absolute atomic E-state index is 0.0537. The standard InChI is InChI=1S/C12H14BrF3S/c1-9(7-8-17-12(14,15)16)11(13)10-5-3-2-4-6-10/h2-6,9,11H,7-8H2,1H3. The summed E-state index contributed by atoms with van der Waals surface area (Å²) in [5, 5.41) is 0. The van der Waals surface area contributed by atoms with Crippen molar-refractivity contribution in [3.05, 3.63) is 35.9 Å². The van der Waals surface area contributed by atoms with Gasteiger partial charge in [0.15, 0.2) is 0 Å². The lowest BCUT2D eigenvalue weighted by atomic mass is 9.99. The number of rotatable bonds is 5. The Kier molecular flexibility index (Phi) is 5.86. The van der Waals surface area contributed by atoms with Crippen LogP contribution in [0.1, 0.15) is 23.7 Å². The maximum Gasteiger partial charge on any atom is 0.441 e. The summed E-state index contributed by atoms with van der Waals surface area (Å²) in [4.78, 5) is 0.109. The number of hydrogen-bond donors (Lipinski definition) is 0. The number of alkyl halides is 4. The molecule has 2 unspecified atom stereocenters. The molecule has 0 amide bonds. The van der Waals surface area contributed by atoms with Gasteiger partial charge in [0, 0.05) is 10.6 Å². The van der Waals surface area contributed by atoms with Crippen molar-refractivity contribution >= 4 is 27.7 Å². The quantitative estimate of drug-likeness (QED) is 0.652. The van der Waals surface area contributed by atoms with Gasteiger partial charge in [0.1, 0.15) is 0 Å². The number of hydrogen-bond acceptors (Lipinski definition) is 1. The van der Waals surface area contributed by atoms with Crippen molar-refractivity contribution in [2.45, 2.75) is 23.7 Å². The number of benzene rings is 1. The van der Waals surface area contributed by atoms with Crippen molar-refractivity contribution in [3.63, 3.8) is 0 Å². The lowest BCUT2D eigenvalue weighted by Gasteiger charge is -2.18. The summed E-state index contributed by atoms with van der Waals surface area (Å²) < 4.78 is 35.9. The predicted molar refractivity (Wildman–Crippen MR) is 70.4 cm³/mol. The first-order valence-electron chi connectivity index (χ1n) is 5.30. The Morgan fingerprint density at radius 1 is 1.24 bits per heavy atom. The molecule has 0 aromatic heterocycles. The summed E-state index contributed by atoms with van der Waals surface area (Å²) in [5.74, 6) is 0.284. The maximum atomic E-state index is 12.0. The highest BCUT2D eigenvalue weighted by Gasteiger charge is 2.28. The molecular formula is C12H14BrF3S. The van der Waals surface area contributed by atoms with Crippen molar-refractivity contribution in [1.29, 1.82) is 0 Å². The van der Waals surface area contributed by atoms with E-state index in [1.54, 1.807) is 0 Å². The van der Waals surface area contributed by atoms with Crippen molar-refractivity contribution < 1.29 is 13.2 Å². The Labute approximate surface area is 112 Å². The molecule has 17 heavy (non-hydrogen) atoms. The fourth-order valence-corrected chi connectivity index (χ4v) is 2.76. The molecule has 5 heteroatoms. The summed E-state index contributed by atoms with van der Waals surface area (Å²) >= 11 is 3.60. The SMILES string of the molecule is CC(CCSC(F)(F)F)C(Br)c1ccccc1. The van der Waals surface area contributed by atoms with Gasteiger partial charge in [-0.1, -0.05) is 64.9 Å². The average molecular weight is 327 g/mol. The van der Waals surface area contributed by atoms with Gasteiger partial charge in [-0.05, 0) is 17.9 Å². The van der Waals surface area contributed by atoms with Crippen LogP contribution >= 0.6 is 27.7 Å². The Hall–Kier alpha value is -0.160. The van der Waals surface area contributed by atoms with Gasteiger partial charge < -0.3 is 0 Å². The highest BCUT2D eigenvalue weighted by Crippen LogP contribution is 2.36. The van der Waals surface area contributed by atoms with E-state index in [4.69, 9.17) is 0 Å². The molecule has 1 aromatic rings. The molecule has 0 aliphatic carbocycles. The molecule has 0 radical (unpaired) electrons. The Morgan fingerprint density at radius 2 is 1.82 bits per heavy atom. The Balaban J connectivity index is 2.40. The first-order valence-corrected chi connectivity index (χ1v) is 7.20. The van der Waals surface area contributed by atoms with Crippen molar-refractivity contribution in [2.75, 3.05) is 5.75 Å². The fourth-order valence-electron chi connectivity index (χ4n) is 1.47. The highest BCUT2D eigenvalue weighted by atomic mass is 79.9. The van der Waals surface area contributed by atoms with E-state index in [9.17, 15) is 13.2 Å². The molecule has 0 saturated heterocycles. The number of halogens is 4. The maximum absolute atomic E-state index is 12.0. The van der Waals surface area contributed by atoms with Gasteiger partial charge in [-0.3, -0.25) is 0 Å². The molecule has 0 spiro atoms. The largest absolute Gasteiger partial charge is 0.441 e. The molecule has 1 rings (SSSR count). The van der Waals surface area contributed by atoms with Crippen LogP contribution in [0.15, 0.2) is 30.3 Å². The van der Waals surface area contributed by atoms with Crippen LogP contribution in [0.3, 0.4) is 0 Å². The molecule has 0 fully saturated rings. The molecule has 0 N–H and O–H groups in total. The normalized spacial score (nSPS) is 15.6. The first-order chi connectivity index (χ1) is 7.90. The predicted octanol–water partition coefficient (Wildman–Crippen LogP) is 5.40. The smallest absolute Gasteiger partial charge is 0.160 e. The molecule has 0 saturated carbocycles. The van der Waals surface area contributed by atoms with Crippen molar-refractivity contribution in [1.82, 2.24) is 0 Å². The fraction of sp³-hybridized carbons (Fsp3) is 0.500. The summed E-state index contributed by atoms with van der Waals surface area (Å²) in [6.07, 6.45) is 0.537. The Bertz CT molecular complexity index is 326. The second-order valence-corrected chi connectivity index (χ2v) is 6.02. The third-order valence-corrected chi connectivity index (χ3v) is 4.65. The van der Waals surface area contributed by atoms with E-state index in [2.05, 4.69) is 15.9 Å². The summed E-state index contributed by atoms with van der Waals surface area (Å²) in [6.45, 7) is 1.96. The van der Waals surface area contributed by atoms with E-state index in [1.165, 1.54) is 0 Å². The zero-order valence-corrected chi connectivity index (χ0v) is 11.8. The van der Waals surface area contributed by atoms with Gasteiger partial charge >= 0.3 is 5.51 Å². The van der Waals surface area contributed by atoms with Crippen LogP contribution in [0.2, 0.25) is 0 Å². The van der Waals surface area contributed by atoms with Gasteiger partial charge in [-0.2, -0.15) is 13.2 Å². The van der Waals surface area contributed by atoms with Crippen molar-refractivity contribution in [3.8, 4) is 0 Å². The van der Waals surface area contributed by atoms with Gasteiger partial charge in [0.05, 0.1) is 0 Å². The molecule has 0 aliphatic rings. The zero-order chi connectivity index (χ0) is 12.9. The third-order valence-electron chi connectivity index (χ3n) is 2.46. The summed E-state index contributed by atoms with van der Waals surface area (Å²) in [7, 11) is 0. The monoisotopic (exact) mass is 326 g/mol. The summed E-state index contributed by atoms with van der Waals surface area (Å²) in [6, 6.07) is 9.74. The molecule has 2 atom stereocenters. The molecule has 0 heterocycles. The minimum atomic E-state index is -4.12. The second kappa shape index (κ2) is 6.69. The van der Waals surface area contributed by atoms with Gasteiger partial charge in [-0.25, -0.2) is 0 Å². The summed E-state index contributed by atoms with van der Waals surface area (Å²) in [5.41, 5.74) is -3.01. The van der Waals surface area contributed by atoms with E-state index < -0.39 is 5.51 Å². The molecule has 0 nitrogen and oxygen atoms in total. The van der Waals surface area contributed by atoms with Gasteiger partial charge in [0.25, 0.3) is 0 Å². The molecule has 0 aliphatic heterocycles. The lowest BCUT2D eigenvalue weighted by Crippen LogP contribution is -2.08. The van der Waals surface area contributed by atoms with Crippen LogP contribution in [0.25, 0.3) is 0 Å². The third kappa shape index (κ3) is 5.82. The topological polar surface area (TPSA) is 0 Å². The van der Waals surface area contributed by atoms with Crippen molar-refractivity contribution in [2.24, 2.45) is 5.92 Å². The van der Waals surface area contributed by atoms with E-state index in [1.807, 2.05) is 37.3 Å². The van der Waals surface area contributed by atoms with Crippen LogP contribution < -0.4 is 0 Å². The second-order valence-electron chi connectivity index (χ2n) is 3.87. The highest BCUT2D eigenvalue weighted by molar-refractivity contribution is 9.09. The van der Waals surface area contributed by atoms with Gasteiger partial charge in [-0.15, -0.1) is 0 Å². The van der Waals surface area contributed by atoms with E-state index >= 15 is 0 Å². The lowest BCUT2D eigenvalue weighted by molar-refractivity contribution is -0.0328. The average Bonchev–Trinajstić information content (AvgIpc) is 2.27. The number of thioether (sulfide) groups is 1. The molecule has 1 aromatic carbocycles. The van der Waals surface area contributed by atoms with E-state index in [0.717, 1.165) is 5.56 Å². The van der Waals surface area contributed by atoms with Gasteiger partial charge in [0.2, 0.25) is 0 Å². The van der Waals surface area contributed by atoms with E-state index in [-0.39, 0.29) is 28.3 Å². The molecular weight excluding hydrogens is 313 g/mol. The van der Waals surface area contributed by atoms with Crippen LogP contribution in [0.5, 0.6) is 0 Å². The van der Waals surface area contributed by atoms with Crippen LogP contribution in [-0.2, 0) is 0 Å². The van der Waals surface area contributed by atoms with Crippen LogP contribution in [0, 0.1) is 5.92 Å². The Morgan fingerprint density at radius 3 is 2.35 bits per heavy atom.